The predicted octanol–water partition coefficient (Wildman–Crippen LogP) is 3.35. The Balaban J connectivity index is 1.76. The number of benzene rings is 1. The van der Waals surface area contributed by atoms with E-state index in [1.54, 1.807) is 24.2 Å². The number of nitrogens with zero attached hydrogens (tertiary/aromatic N) is 4. The van der Waals surface area contributed by atoms with E-state index in [4.69, 9.17) is 9.72 Å². The molecule has 0 unspecified atom stereocenters. The van der Waals surface area contributed by atoms with Crippen molar-refractivity contribution < 1.29 is 9.53 Å². The van der Waals surface area contributed by atoms with Crippen molar-refractivity contribution in [1.29, 1.82) is 0 Å². The first-order valence-corrected chi connectivity index (χ1v) is 9.44. The van der Waals surface area contributed by atoms with Gasteiger partial charge in [0, 0.05) is 23.7 Å². The predicted molar refractivity (Wildman–Crippen MR) is 106 cm³/mol. The van der Waals surface area contributed by atoms with Crippen LogP contribution in [0.1, 0.15) is 48.7 Å². The summed E-state index contributed by atoms with van der Waals surface area (Å²) in [5, 5.41) is 7.40. The highest BCUT2D eigenvalue weighted by Gasteiger charge is 2.33. The Morgan fingerprint density at radius 1 is 1.25 bits per heavy atom. The lowest BCUT2D eigenvalue weighted by molar-refractivity contribution is 0.0942. The Morgan fingerprint density at radius 3 is 2.75 bits per heavy atom. The van der Waals surface area contributed by atoms with Crippen LogP contribution in [0.5, 0.6) is 5.75 Å². The Hall–Kier alpha value is -3.22. The number of para-hydroxylation sites is 1. The van der Waals surface area contributed by atoms with Crippen LogP contribution < -0.4 is 10.1 Å². The van der Waals surface area contributed by atoms with E-state index in [1.165, 1.54) is 0 Å². The number of carbonyl (C=O) groups excluding carboxylic acids is 1. The van der Waals surface area contributed by atoms with Crippen LogP contribution in [-0.4, -0.2) is 38.8 Å². The first-order chi connectivity index (χ1) is 13.6. The summed E-state index contributed by atoms with van der Waals surface area (Å²) in [6, 6.07) is 9.62. The van der Waals surface area contributed by atoms with Gasteiger partial charge in [-0.2, -0.15) is 5.10 Å². The minimum Gasteiger partial charge on any atom is -0.496 e. The molecule has 0 spiro atoms. The van der Waals surface area contributed by atoms with Gasteiger partial charge in [0.05, 0.1) is 30.3 Å². The molecule has 2 heterocycles. The minimum absolute atomic E-state index is 0.0630. The van der Waals surface area contributed by atoms with Crippen molar-refractivity contribution in [3.8, 4) is 23.0 Å². The second-order valence-electron chi connectivity index (χ2n) is 7.20. The van der Waals surface area contributed by atoms with Crippen LogP contribution in [0.2, 0.25) is 0 Å². The highest BCUT2D eigenvalue weighted by Crippen LogP contribution is 2.42. The molecule has 0 atom stereocenters. The quantitative estimate of drug-likeness (QED) is 0.712. The zero-order valence-electron chi connectivity index (χ0n) is 16.2. The molecule has 3 aromatic rings. The Bertz CT molecular complexity index is 1010. The SMILES string of the molecule is COc1ccccc1-c1ccnc(-n2ncc(C(=O)NC(C)C)c2C2CC2)n1. The van der Waals surface area contributed by atoms with Crippen molar-refractivity contribution in [2.24, 2.45) is 0 Å². The number of ether oxygens (including phenoxy) is 1. The van der Waals surface area contributed by atoms with Gasteiger partial charge in [-0.3, -0.25) is 4.79 Å². The smallest absolute Gasteiger partial charge is 0.254 e. The van der Waals surface area contributed by atoms with E-state index in [2.05, 4.69) is 15.4 Å². The zero-order chi connectivity index (χ0) is 19.7. The maximum atomic E-state index is 12.6. The molecule has 1 aromatic carbocycles. The molecular weight excluding hydrogens is 354 g/mol. The largest absolute Gasteiger partial charge is 0.496 e. The zero-order valence-corrected chi connectivity index (χ0v) is 16.2. The number of aromatic nitrogens is 4. The van der Waals surface area contributed by atoms with Crippen molar-refractivity contribution in [3.63, 3.8) is 0 Å². The van der Waals surface area contributed by atoms with Crippen LogP contribution in [0.15, 0.2) is 42.7 Å². The first kappa shape index (κ1) is 18.2. The van der Waals surface area contributed by atoms with E-state index >= 15 is 0 Å². The molecule has 1 saturated carbocycles. The van der Waals surface area contributed by atoms with Crippen molar-refractivity contribution in [3.05, 3.63) is 54.0 Å². The number of methoxy groups -OCH3 is 1. The third-order valence-electron chi connectivity index (χ3n) is 4.65. The summed E-state index contributed by atoms with van der Waals surface area (Å²) in [6.45, 7) is 3.89. The first-order valence-electron chi connectivity index (χ1n) is 9.44. The number of hydrogen-bond donors (Lipinski definition) is 1. The van der Waals surface area contributed by atoms with Gasteiger partial charge in [-0.05, 0) is 44.9 Å². The lowest BCUT2D eigenvalue weighted by Crippen LogP contribution is -2.30. The molecule has 144 valence electrons. The fraction of sp³-hybridized carbons (Fsp3) is 0.333. The monoisotopic (exact) mass is 377 g/mol. The number of amides is 1. The summed E-state index contributed by atoms with van der Waals surface area (Å²) < 4.78 is 7.15. The van der Waals surface area contributed by atoms with E-state index in [1.807, 2.05) is 44.2 Å². The second-order valence-corrected chi connectivity index (χ2v) is 7.20. The van der Waals surface area contributed by atoms with Gasteiger partial charge in [0.15, 0.2) is 0 Å². The molecule has 28 heavy (non-hydrogen) atoms. The lowest BCUT2D eigenvalue weighted by Gasteiger charge is -2.11. The van der Waals surface area contributed by atoms with E-state index in [-0.39, 0.29) is 11.9 Å². The van der Waals surface area contributed by atoms with Crippen LogP contribution >= 0.6 is 0 Å². The number of rotatable bonds is 6. The molecule has 0 saturated heterocycles. The van der Waals surface area contributed by atoms with Crippen molar-refractivity contribution in [2.75, 3.05) is 7.11 Å². The molecule has 7 heteroatoms. The Morgan fingerprint density at radius 2 is 2.04 bits per heavy atom. The highest BCUT2D eigenvalue weighted by atomic mass is 16.5. The third-order valence-corrected chi connectivity index (χ3v) is 4.65. The molecule has 0 radical (unpaired) electrons. The minimum atomic E-state index is -0.107. The van der Waals surface area contributed by atoms with Gasteiger partial charge in [0.1, 0.15) is 5.75 Å². The van der Waals surface area contributed by atoms with E-state index < -0.39 is 0 Å². The van der Waals surface area contributed by atoms with Crippen LogP contribution in [0.3, 0.4) is 0 Å². The lowest BCUT2D eigenvalue weighted by atomic mass is 10.1. The average molecular weight is 377 g/mol. The van der Waals surface area contributed by atoms with E-state index in [0.717, 1.165) is 35.5 Å². The highest BCUT2D eigenvalue weighted by molar-refractivity contribution is 5.95. The number of hydrogen-bond acceptors (Lipinski definition) is 5. The number of carbonyl (C=O) groups is 1. The number of nitrogens with one attached hydrogen (secondary N) is 1. The van der Waals surface area contributed by atoms with Crippen LogP contribution in [0.25, 0.3) is 17.2 Å². The van der Waals surface area contributed by atoms with Gasteiger partial charge in [-0.1, -0.05) is 12.1 Å². The summed E-state index contributed by atoms with van der Waals surface area (Å²) in [5.41, 5.74) is 3.11. The molecule has 0 bridgehead atoms. The topological polar surface area (TPSA) is 81.9 Å². The standard InChI is InChI=1S/C21H23N5O2/c1-13(2)24-20(27)16-12-23-26(19(16)14-8-9-14)21-22-11-10-17(25-21)15-6-4-5-7-18(15)28-3/h4-7,10-14H,8-9H2,1-3H3,(H,24,27). The van der Waals surface area contributed by atoms with Crippen LogP contribution in [0.4, 0.5) is 0 Å². The van der Waals surface area contributed by atoms with Crippen LogP contribution in [0, 0.1) is 0 Å². The van der Waals surface area contributed by atoms with E-state index in [9.17, 15) is 4.79 Å². The molecule has 1 fully saturated rings. The van der Waals surface area contributed by atoms with Gasteiger partial charge in [-0.25, -0.2) is 14.6 Å². The van der Waals surface area contributed by atoms with E-state index in [0.29, 0.717) is 17.4 Å². The molecular formula is C21H23N5O2. The molecule has 1 N–H and O–H groups in total. The fourth-order valence-corrected chi connectivity index (χ4v) is 3.24. The van der Waals surface area contributed by atoms with Crippen molar-refractivity contribution in [2.45, 2.75) is 38.6 Å². The summed E-state index contributed by atoms with van der Waals surface area (Å²) in [4.78, 5) is 21.7. The normalized spacial score (nSPS) is 13.6. The maximum Gasteiger partial charge on any atom is 0.254 e. The summed E-state index contributed by atoms with van der Waals surface area (Å²) >= 11 is 0. The molecule has 4 rings (SSSR count). The average Bonchev–Trinajstić information content (AvgIpc) is 3.45. The molecule has 1 amide bonds. The van der Waals surface area contributed by atoms with Gasteiger partial charge in [-0.15, -0.1) is 0 Å². The van der Waals surface area contributed by atoms with Crippen molar-refractivity contribution >= 4 is 5.91 Å². The van der Waals surface area contributed by atoms with Crippen molar-refractivity contribution in [1.82, 2.24) is 25.1 Å². The van der Waals surface area contributed by atoms with Crippen LogP contribution in [-0.2, 0) is 0 Å². The fourth-order valence-electron chi connectivity index (χ4n) is 3.24. The summed E-state index contributed by atoms with van der Waals surface area (Å²) in [6.07, 6.45) is 5.40. The van der Waals surface area contributed by atoms with Gasteiger partial charge >= 0.3 is 0 Å². The molecule has 2 aromatic heterocycles. The maximum absolute atomic E-state index is 12.6. The molecule has 1 aliphatic carbocycles. The molecule has 7 nitrogen and oxygen atoms in total. The Kier molecular flexibility index (Phi) is 4.81. The third kappa shape index (κ3) is 3.47. The summed E-state index contributed by atoms with van der Waals surface area (Å²) in [5.74, 6) is 1.40. The van der Waals surface area contributed by atoms with Gasteiger partial charge in [0.25, 0.3) is 11.9 Å². The van der Waals surface area contributed by atoms with Gasteiger partial charge in [0.2, 0.25) is 0 Å². The molecule has 0 aliphatic heterocycles. The molecule has 1 aliphatic rings. The Labute approximate surface area is 163 Å². The second kappa shape index (κ2) is 7.42. The summed E-state index contributed by atoms with van der Waals surface area (Å²) in [7, 11) is 1.64. The van der Waals surface area contributed by atoms with Gasteiger partial charge < -0.3 is 10.1 Å².